The fourth-order valence-electron chi connectivity index (χ4n) is 2.83. The molecular weight excluding hydrogens is 477 g/mol. The van der Waals surface area contributed by atoms with Gasteiger partial charge in [-0.2, -0.15) is 5.10 Å². The first-order chi connectivity index (χ1) is 16.2. The highest BCUT2D eigenvalue weighted by Crippen LogP contribution is 2.28. The molecule has 2 aromatic carbocycles. The van der Waals surface area contributed by atoms with Crippen molar-refractivity contribution in [3.63, 3.8) is 0 Å². The van der Waals surface area contributed by atoms with E-state index in [1.807, 2.05) is 13.8 Å². The Balaban J connectivity index is 1.96. The van der Waals surface area contributed by atoms with Gasteiger partial charge in [-0.25, -0.2) is 5.43 Å². The molecule has 2 aromatic rings. The number of rotatable bonds is 11. The molecule has 0 radical (unpaired) electrons. The van der Waals surface area contributed by atoms with Gasteiger partial charge in [0, 0.05) is 5.02 Å². The van der Waals surface area contributed by atoms with E-state index in [0.717, 1.165) is 5.56 Å². The summed E-state index contributed by atoms with van der Waals surface area (Å²) in [6.07, 6.45) is 6.19. The highest BCUT2D eigenvalue weighted by Gasteiger charge is 2.25. The number of hydrogen-bond donors (Lipinski definition) is 2. The van der Waals surface area contributed by atoms with Gasteiger partial charge in [0.2, 0.25) is 0 Å². The van der Waals surface area contributed by atoms with Crippen LogP contribution in [0.2, 0.25) is 10.0 Å². The van der Waals surface area contributed by atoms with E-state index in [0.29, 0.717) is 22.9 Å². The molecule has 0 aromatic heterocycles. The zero-order valence-electron chi connectivity index (χ0n) is 19.2. The van der Waals surface area contributed by atoms with E-state index in [9.17, 15) is 9.59 Å². The Hall–Kier alpha value is -3.21. The lowest BCUT2D eigenvalue weighted by Gasteiger charge is -2.22. The second-order valence-corrected chi connectivity index (χ2v) is 8.67. The largest absolute Gasteiger partial charge is 0.481 e. The van der Waals surface area contributed by atoms with Crippen molar-refractivity contribution >= 4 is 41.2 Å². The van der Waals surface area contributed by atoms with E-state index >= 15 is 0 Å². The van der Waals surface area contributed by atoms with Gasteiger partial charge in [0.15, 0.2) is 6.10 Å². The Labute approximate surface area is 209 Å². The van der Waals surface area contributed by atoms with Crippen LogP contribution in [0.15, 0.2) is 47.6 Å². The van der Waals surface area contributed by atoms with Crippen molar-refractivity contribution in [3.05, 3.63) is 58.1 Å². The minimum Gasteiger partial charge on any atom is -0.481 e. The van der Waals surface area contributed by atoms with Gasteiger partial charge < -0.3 is 14.8 Å². The summed E-state index contributed by atoms with van der Waals surface area (Å²) in [4.78, 5) is 25.4. The third-order valence-electron chi connectivity index (χ3n) is 4.50. The number of amides is 2. The smallest absolute Gasteiger partial charge is 0.262 e. The normalized spacial score (nSPS) is 12.6. The summed E-state index contributed by atoms with van der Waals surface area (Å²) in [7, 11) is 0. The minimum atomic E-state index is -0.889. The SMILES string of the molecule is C#CCOc1ccc(/C=N\NC(=O)[C@H](CC(C)C)NC(=O)[C@H](C)Oc2ccc(Cl)cc2Cl)cc1. The third-order valence-corrected chi connectivity index (χ3v) is 5.03. The number of carbonyl (C=O) groups is 2. The lowest BCUT2D eigenvalue weighted by atomic mass is 10.0. The zero-order valence-corrected chi connectivity index (χ0v) is 20.7. The molecule has 34 heavy (non-hydrogen) atoms. The van der Waals surface area contributed by atoms with E-state index in [2.05, 4.69) is 21.8 Å². The van der Waals surface area contributed by atoms with Crippen LogP contribution in [0.5, 0.6) is 11.5 Å². The summed E-state index contributed by atoms with van der Waals surface area (Å²) in [6.45, 7) is 5.66. The van der Waals surface area contributed by atoms with Crippen LogP contribution in [0, 0.1) is 18.3 Å². The summed E-state index contributed by atoms with van der Waals surface area (Å²) in [5, 5.41) is 7.46. The number of halogens is 2. The van der Waals surface area contributed by atoms with Crippen LogP contribution in [0.1, 0.15) is 32.8 Å². The molecular formula is C25H27Cl2N3O4. The maximum atomic E-state index is 12.7. The molecule has 0 unspecified atom stereocenters. The van der Waals surface area contributed by atoms with E-state index in [1.54, 1.807) is 43.3 Å². The second kappa shape index (κ2) is 13.5. The lowest BCUT2D eigenvalue weighted by Crippen LogP contribution is -2.49. The molecule has 2 N–H and O–H groups in total. The quantitative estimate of drug-likeness (QED) is 0.269. The van der Waals surface area contributed by atoms with Crippen molar-refractivity contribution in [2.75, 3.05) is 6.61 Å². The summed E-state index contributed by atoms with van der Waals surface area (Å²) >= 11 is 12.0. The maximum Gasteiger partial charge on any atom is 0.262 e. The topological polar surface area (TPSA) is 89.0 Å². The molecule has 0 aliphatic carbocycles. The average molecular weight is 504 g/mol. The predicted octanol–water partition coefficient (Wildman–Crippen LogP) is 4.45. The van der Waals surface area contributed by atoms with Crippen molar-refractivity contribution in [1.29, 1.82) is 0 Å². The fourth-order valence-corrected chi connectivity index (χ4v) is 3.28. The standard InChI is InChI=1S/C25H27Cl2N3O4/c1-5-12-33-20-9-6-18(7-10-20)15-28-30-25(32)22(13-16(2)3)29-24(31)17(4)34-23-11-8-19(26)14-21(23)27/h1,6-11,14-17,22H,12-13H2,2-4H3,(H,29,31)(H,30,32)/b28-15-/t17-,22-/m0/s1. The molecule has 0 aliphatic rings. The zero-order chi connectivity index (χ0) is 25.1. The first kappa shape index (κ1) is 27.0. The van der Waals surface area contributed by atoms with Gasteiger partial charge in [-0.3, -0.25) is 9.59 Å². The maximum absolute atomic E-state index is 12.7. The van der Waals surface area contributed by atoms with Crippen LogP contribution < -0.4 is 20.2 Å². The van der Waals surface area contributed by atoms with E-state index in [1.165, 1.54) is 12.3 Å². The van der Waals surface area contributed by atoms with Crippen molar-refractivity contribution in [2.24, 2.45) is 11.0 Å². The van der Waals surface area contributed by atoms with Gasteiger partial charge >= 0.3 is 0 Å². The van der Waals surface area contributed by atoms with Gasteiger partial charge in [-0.05, 0) is 67.3 Å². The summed E-state index contributed by atoms with van der Waals surface area (Å²) in [6, 6.07) is 11.0. The summed E-state index contributed by atoms with van der Waals surface area (Å²) in [5.41, 5.74) is 3.23. The van der Waals surface area contributed by atoms with Crippen LogP contribution in [0.25, 0.3) is 0 Å². The molecule has 0 saturated carbocycles. The monoisotopic (exact) mass is 503 g/mol. The molecule has 9 heteroatoms. The highest BCUT2D eigenvalue weighted by atomic mass is 35.5. The number of nitrogens with one attached hydrogen (secondary N) is 2. The highest BCUT2D eigenvalue weighted by molar-refractivity contribution is 6.35. The van der Waals surface area contributed by atoms with Crippen molar-refractivity contribution in [1.82, 2.24) is 10.7 Å². The van der Waals surface area contributed by atoms with Crippen molar-refractivity contribution in [3.8, 4) is 23.8 Å². The van der Waals surface area contributed by atoms with E-state index < -0.39 is 24.0 Å². The summed E-state index contributed by atoms with van der Waals surface area (Å²) < 4.78 is 10.9. The first-order valence-electron chi connectivity index (χ1n) is 10.6. The summed E-state index contributed by atoms with van der Waals surface area (Å²) in [5.74, 6) is 2.60. The van der Waals surface area contributed by atoms with E-state index in [-0.39, 0.29) is 17.5 Å². The molecule has 0 aliphatic heterocycles. The minimum absolute atomic E-state index is 0.150. The van der Waals surface area contributed by atoms with Gasteiger partial charge in [0.1, 0.15) is 24.1 Å². The van der Waals surface area contributed by atoms with Crippen LogP contribution in [-0.2, 0) is 9.59 Å². The number of hydrogen-bond acceptors (Lipinski definition) is 5. The molecule has 2 amide bonds. The van der Waals surface area contributed by atoms with Gasteiger partial charge in [0.05, 0.1) is 11.2 Å². The predicted molar refractivity (Wildman–Crippen MR) is 134 cm³/mol. The molecule has 2 rings (SSSR count). The van der Waals surface area contributed by atoms with Crippen LogP contribution in [0.3, 0.4) is 0 Å². The van der Waals surface area contributed by atoms with Gasteiger partial charge in [-0.1, -0.05) is 43.0 Å². The second-order valence-electron chi connectivity index (χ2n) is 7.82. The molecule has 0 spiro atoms. The first-order valence-corrected chi connectivity index (χ1v) is 11.4. The Morgan fingerprint density at radius 1 is 1.12 bits per heavy atom. The Kier molecular flexibility index (Phi) is 10.7. The number of hydrazone groups is 1. The molecule has 0 bridgehead atoms. The number of carbonyl (C=O) groups excluding carboxylic acids is 2. The van der Waals surface area contributed by atoms with Gasteiger partial charge in [0.25, 0.3) is 11.8 Å². The average Bonchev–Trinajstić information content (AvgIpc) is 2.79. The Morgan fingerprint density at radius 3 is 2.44 bits per heavy atom. The number of nitrogens with zero attached hydrogens (tertiary/aromatic N) is 1. The van der Waals surface area contributed by atoms with Crippen molar-refractivity contribution < 1.29 is 19.1 Å². The molecule has 180 valence electrons. The van der Waals surface area contributed by atoms with Crippen LogP contribution in [0.4, 0.5) is 0 Å². The lowest BCUT2D eigenvalue weighted by molar-refractivity contribution is -0.132. The third kappa shape index (κ3) is 8.97. The van der Waals surface area contributed by atoms with E-state index in [4.69, 9.17) is 39.1 Å². The molecule has 7 nitrogen and oxygen atoms in total. The van der Waals surface area contributed by atoms with Crippen molar-refractivity contribution in [2.45, 2.75) is 39.3 Å². The Bertz CT molecular complexity index is 1050. The Morgan fingerprint density at radius 2 is 1.82 bits per heavy atom. The molecule has 0 heterocycles. The number of benzene rings is 2. The fraction of sp³-hybridized carbons (Fsp3) is 0.320. The molecule has 0 fully saturated rings. The van der Waals surface area contributed by atoms with Gasteiger partial charge in [-0.15, -0.1) is 6.42 Å². The number of ether oxygens (including phenoxy) is 2. The van der Waals surface area contributed by atoms with Crippen LogP contribution >= 0.6 is 23.2 Å². The van der Waals surface area contributed by atoms with Crippen LogP contribution in [-0.4, -0.2) is 36.8 Å². The molecule has 2 atom stereocenters. The molecule has 0 saturated heterocycles. The number of terminal acetylenes is 1.